The molecule has 4 atom stereocenters. The summed E-state index contributed by atoms with van der Waals surface area (Å²) in [6.07, 6.45) is 6.74. The lowest BCUT2D eigenvalue weighted by Crippen LogP contribution is -2.28. The smallest absolute Gasteiger partial charge is 0.254 e. The third kappa shape index (κ3) is 2.41. The molecule has 5 heteroatoms. The van der Waals surface area contributed by atoms with Gasteiger partial charge in [0.05, 0.1) is 25.2 Å². The molecule has 2 amide bonds. The van der Waals surface area contributed by atoms with Crippen molar-refractivity contribution >= 4 is 18.0 Å². The number of hydrogen-bond acceptors (Lipinski definition) is 4. The predicted octanol–water partition coefficient (Wildman–Crippen LogP) is 3.27. The molecule has 2 fully saturated rings. The number of imide groups is 1. The van der Waals surface area contributed by atoms with Crippen LogP contribution in [0.25, 0.3) is 0 Å². The third-order valence-electron chi connectivity index (χ3n) is 6.00. The zero-order valence-electron chi connectivity index (χ0n) is 15.6. The summed E-state index contributed by atoms with van der Waals surface area (Å²) in [7, 11) is 1.66. The maximum absolute atomic E-state index is 12.7. The third-order valence-corrected chi connectivity index (χ3v) is 6.00. The molecule has 0 N–H and O–H groups in total. The number of amides is 2. The summed E-state index contributed by atoms with van der Waals surface area (Å²) in [5.74, 6) is 0.838. The van der Waals surface area contributed by atoms with Crippen molar-refractivity contribution in [1.82, 2.24) is 5.01 Å². The van der Waals surface area contributed by atoms with Crippen LogP contribution in [0.1, 0.15) is 42.9 Å². The van der Waals surface area contributed by atoms with Gasteiger partial charge in [-0.2, -0.15) is 10.1 Å². The van der Waals surface area contributed by atoms with E-state index in [2.05, 4.69) is 31.1 Å². The summed E-state index contributed by atoms with van der Waals surface area (Å²) in [6.45, 7) is 6.18. The quantitative estimate of drug-likeness (QED) is 0.475. The Kier molecular flexibility index (Phi) is 3.98. The first kappa shape index (κ1) is 17.0. The first-order valence-electron chi connectivity index (χ1n) is 9.21. The van der Waals surface area contributed by atoms with Crippen molar-refractivity contribution in [1.29, 1.82) is 0 Å². The minimum absolute atomic E-state index is 0.150. The van der Waals surface area contributed by atoms with E-state index in [9.17, 15) is 9.59 Å². The Balaban J connectivity index is 1.62. The fourth-order valence-electron chi connectivity index (χ4n) is 4.60. The zero-order chi connectivity index (χ0) is 18.6. The highest BCUT2D eigenvalue weighted by Crippen LogP contribution is 2.52. The first-order chi connectivity index (χ1) is 12.4. The molecule has 1 heterocycles. The van der Waals surface area contributed by atoms with Gasteiger partial charge in [-0.05, 0) is 59.9 Å². The molecule has 4 unspecified atom stereocenters. The molecular formula is C21H24N2O3. The van der Waals surface area contributed by atoms with E-state index in [1.165, 1.54) is 0 Å². The highest BCUT2D eigenvalue weighted by Gasteiger charge is 2.59. The molecule has 4 rings (SSSR count). The highest BCUT2D eigenvalue weighted by atomic mass is 16.5. The van der Waals surface area contributed by atoms with Crippen LogP contribution in [0.3, 0.4) is 0 Å². The summed E-state index contributed by atoms with van der Waals surface area (Å²) in [4.78, 5) is 25.4. The average molecular weight is 352 g/mol. The van der Waals surface area contributed by atoms with Gasteiger partial charge in [0, 0.05) is 0 Å². The van der Waals surface area contributed by atoms with Crippen molar-refractivity contribution in [2.45, 2.75) is 33.1 Å². The minimum Gasteiger partial charge on any atom is -0.496 e. The van der Waals surface area contributed by atoms with Crippen molar-refractivity contribution in [3.05, 3.63) is 41.0 Å². The summed E-state index contributed by atoms with van der Waals surface area (Å²) in [6, 6.07) is 4.00. The molecule has 0 spiro atoms. The van der Waals surface area contributed by atoms with Crippen molar-refractivity contribution in [2.75, 3.05) is 7.11 Å². The van der Waals surface area contributed by atoms with Gasteiger partial charge in [0.25, 0.3) is 11.8 Å². The number of hydrazone groups is 1. The molecule has 0 aromatic heterocycles. The van der Waals surface area contributed by atoms with Gasteiger partial charge in [-0.3, -0.25) is 9.59 Å². The average Bonchev–Trinajstić information content (AvgIpc) is 3.28. The SMILES string of the molecule is COc1cc(C)c(C=NN2C(=O)C3C4C=CC(C4)C3C2=O)cc1C(C)C. The molecule has 1 aromatic rings. The topological polar surface area (TPSA) is 59.0 Å². The van der Waals surface area contributed by atoms with Gasteiger partial charge < -0.3 is 4.74 Å². The van der Waals surface area contributed by atoms with Crippen LogP contribution in [-0.2, 0) is 9.59 Å². The van der Waals surface area contributed by atoms with Crippen LogP contribution >= 0.6 is 0 Å². The first-order valence-corrected chi connectivity index (χ1v) is 9.21. The van der Waals surface area contributed by atoms with Crippen LogP contribution in [0.2, 0.25) is 0 Å². The molecule has 5 nitrogen and oxygen atoms in total. The number of nitrogens with zero attached hydrogens (tertiary/aromatic N) is 2. The second-order valence-electron chi connectivity index (χ2n) is 7.84. The standard InChI is InChI=1S/C21H24N2O3/c1-11(2)16-9-15(12(3)7-17(16)26-4)10-22-23-20(24)18-13-5-6-14(8-13)19(18)21(23)25/h5-7,9-11,13-14,18-19H,8H2,1-4H3. The Bertz CT molecular complexity index is 810. The van der Waals surface area contributed by atoms with Crippen LogP contribution < -0.4 is 4.74 Å². The van der Waals surface area contributed by atoms with Gasteiger partial charge >= 0.3 is 0 Å². The maximum Gasteiger partial charge on any atom is 0.254 e. The van der Waals surface area contributed by atoms with Gasteiger partial charge in [0.15, 0.2) is 0 Å². The lowest BCUT2D eigenvalue weighted by atomic mass is 9.85. The van der Waals surface area contributed by atoms with Gasteiger partial charge in [-0.1, -0.05) is 26.0 Å². The maximum atomic E-state index is 12.7. The number of rotatable bonds is 4. The molecule has 0 radical (unpaired) electrons. The van der Waals surface area contributed by atoms with Gasteiger partial charge in [0.2, 0.25) is 0 Å². The van der Waals surface area contributed by atoms with E-state index in [0.29, 0.717) is 5.92 Å². The van der Waals surface area contributed by atoms with E-state index in [0.717, 1.165) is 33.9 Å². The Morgan fingerprint density at radius 1 is 1.15 bits per heavy atom. The minimum atomic E-state index is -0.210. The lowest BCUT2D eigenvalue weighted by molar-refractivity contribution is -0.140. The van der Waals surface area contributed by atoms with E-state index in [1.807, 2.05) is 19.1 Å². The molecule has 1 aliphatic heterocycles. The van der Waals surface area contributed by atoms with E-state index in [-0.39, 0.29) is 35.5 Å². The number of hydrogen-bond donors (Lipinski definition) is 0. The van der Waals surface area contributed by atoms with Crippen molar-refractivity contribution in [2.24, 2.45) is 28.8 Å². The molecule has 1 aromatic carbocycles. The normalized spacial score (nSPS) is 29.5. The largest absolute Gasteiger partial charge is 0.496 e. The number of allylic oxidation sites excluding steroid dienone is 2. The van der Waals surface area contributed by atoms with Crippen molar-refractivity contribution in [3.8, 4) is 5.75 Å². The number of carbonyl (C=O) groups is 2. The Morgan fingerprint density at radius 3 is 2.31 bits per heavy atom. The summed E-state index contributed by atoms with van der Waals surface area (Å²) in [5, 5.41) is 5.39. The predicted molar refractivity (Wildman–Crippen MR) is 99.0 cm³/mol. The number of methoxy groups -OCH3 is 1. The molecule has 3 aliphatic rings. The lowest BCUT2D eigenvalue weighted by Gasteiger charge is -2.15. The second kappa shape index (κ2) is 6.08. The van der Waals surface area contributed by atoms with Gasteiger partial charge in [0.1, 0.15) is 5.75 Å². The van der Waals surface area contributed by atoms with E-state index in [1.54, 1.807) is 13.3 Å². The Hall–Kier alpha value is -2.43. The molecule has 1 saturated carbocycles. The zero-order valence-corrected chi connectivity index (χ0v) is 15.6. The number of fused-ring (bicyclic) bond motifs is 5. The fourth-order valence-corrected chi connectivity index (χ4v) is 4.60. The number of aryl methyl sites for hydroxylation is 1. The monoisotopic (exact) mass is 352 g/mol. The van der Waals surface area contributed by atoms with Crippen LogP contribution in [-0.4, -0.2) is 30.1 Å². The second-order valence-corrected chi connectivity index (χ2v) is 7.84. The van der Waals surface area contributed by atoms with E-state index in [4.69, 9.17) is 4.74 Å². The molecular weight excluding hydrogens is 328 g/mol. The van der Waals surface area contributed by atoms with Crippen LogP contribution in [0.5, 0.6) is 5.75 Å². The highest BCUT2D eigenvalue weighted by molar-refractivity contribution is 6.06. The Morgan fingerprint density at radius 2 is 1.77 bits per heavy atom. The molecule has 26 heavy (non-hydrogen) atoms. The van der Waals surface area contributed by atoms with Crippen LogP contribution in [0.4, 0.5) is 0 Å². The Labute approximate surface area is 153 Å². The summed E-state index contributed by atoms with van der Waals surface area (Å²) >= 11 is 0. The van der Waals surface area contributed by atoms with E-state index < -0.39 is 0 Å². The summed E-state index contributed by atoms with van der Waals surface area (Å²) < 4.78 is 5.47. The van der Waals surface area contributed by atoms with Crippen molar-refractivity contribution < 1.29 is 14.3 Å². The summed E-state index contributed by atoms with van der Waals surface area (Å²) in [5.41, 5.74) is 2.97. The van der Waals surface area contributed by atoms with E-state index >= 15 is 0 Å². The van der Waals surface area contributed by atoms with Gasteiger partial charge in [-0.15, -0.1) is 0 Å². The fraction of sp³-hybridized carbons (Fsp3) is 0.476. The molecule has 2 aliphatic carbocycles. The van der Waals surface area contributed by atoms with Crippen molar-refractivity contribution in [3.63, 3.8) is 0 Å². The number of carbonyl (C=O) groups excluding carboxylic acids is 2. The molecule has 136 valence electrons. The molecule has 2 bridgehead atoms. The number of benzene rings is 1. The van der Waals surface area contributed by atoms with Gasteiger partial charge in [-0.25, -0.2) is 0 Å². The van der Waals surface area contributed by atoms with Crippen LogP contribution in [0.15, 0.2) is 29.4 Å². The van der Waals surface area contributed by atoms with Crippen LogP contribution in [0, 0.1) is 30.6 Å². The molecule has 1 saturated heterocycles. The number of ether oxygens (including phenoxy) is 1.